The maximum absolute atomic E-state index is 14.4. The Morgan fingerprint density at radius 2 is 2.21 bits per heavy atom. The van der Waals surface area contributed by atoms with Crippen LogP contribution in [0.3, 0.4) is 0 Å². The number of hydrogen-bond acceptors (Lipinski definition) is 4. The van der Waals surface area contributed by atoms with Crippen LogP contribution >= 0.6 is 0 Å². The Hall–Kier alpha value is -2.36. The summed E-state index contributed by atoms with van der Waals surface area (Å²) in [5.74, 6) is 1.55. The number of imide groups is 1. The number of nitrogens with one attached hydrogen (secondary N) is 1. The first-order chi connectivity index (χ1) is 11.5. The highest BCUT2D eigenvalue weighted by molar-refractivity contribution is 6.67. The third kappa shape index (κ3) is 4.57. The molecule has 126 valence electrons. The topological polar surface area (TPSA) is 73.2 Å². The third-order valence-electron chi connectivity index (χ3n) is 4.58. The molecule has 0 aliphatic carbocycles. The average Bonchev–Trinajstić information content (AvgIpc) is 2.60. The smallest absolute Gasteiger partial charge is 0.271 e. The second kappa shape index (κ2) is 8.48. The Morgan fingerprint density at radius 1 is 1.50 bits per heavy atom. The van der Waals surface area contributed by atoms with Crippen molar-refractivity contribution in [3.63, 3.8) is 0 Å². The van der Waals surface area contributed by atoms with Crippen LogP contribution in [-0.4, -0.2) is 32.1 Å². The first-order valence-corrected chi connectivity index (χ1v) is 8.22. The van der Waals surface area contributed by atoms with Crippen LogP contribution < -0.4 is 10.2 Å². The van der Waals surface area contributed by atoms with Crippen molar-refractivity contribution in [3.05, 3.63) is 29.6 Å². The van der Waals surface area contributed by atoms with E-state index in [9.17, 15) is 14.0 Å². The molecule has 1 unspecified atom stereocenters. The highest BCUT2D eigenvalue weighted by Gasteiger charge is 2.23. The third-order valence-corrected chi connectivity index (χ3v) is 4.58. The van der Waals surface area contributed by atoms with Crippen LogP contribution in [0.5, 0.6) is 0 Å². The number of amides is 2. The van der Waals surface area contributed by atoms with E-state index in [1.807, 2.05) is 13.0 Å². The summed E-state index contributed by atoms with van der Waals surface area (Å²) < 4.78 is 14.4. The van der Waals surface area contributed by atoms with E-state index in [0.717, 1.165) is 31.4 Å². The van der Waals surface area contributed by atoms with Gasteiger partial charge in [-0.15, -0.1) is 0 Å². The Balaban J connectivity index is 1.98. The van der Waals surface area contributed by atoms with Gasteiger partial charge in [0.1, 0.15) is 5.82 Å². The molecule has 0 spiro atoms. The number of halogens is 1. The van der Waals surface area contributed by atoms with Gasteiger partial charge >= 0.3 is 0 Å². The van der Waals surface area contributed by atoms with Crippen molar-refractivity contribution in [3.8, 4) is 5.97 Å². The van der Waals surface area contributed by atoms with Crippen LogP contribution in [0.2, 0.25) is 12.6 Å². The van der Waals surface area contributed by atoms with E-state index in [1.165, 1.54) is 6.07 Å². The lowest BCUT2D eigenvalue weighted by molar-refractivity contribution is -0.125. The number of nitriles is 1. The number of rotatable bonds is 6. The largest absolute Gasteiger partial charge is 0.373 e. The lowest BCUT2D eigenvalue weighted by Gasteiger charge is -2.30. The minimum atomic E-state index is -0.353. The molecule has 0 bridgehead atoms. The molecule has 1 aliphatic heterocycles. The molecule has 1 aromatic rings. The van der Waals surface area contributed by atoms with Crippen molar-refractivity contribution in [2.75, 3.05) is 18.0 Å². The Kier molecular flexibility index (Phi) is 6.36. The Bertz CT molecular complexity index is 639. The van der Waals surface area contributed by atoms with Gasteiger partial charge in [0.25, 0.3) is 6.71 Å². The number of carbonyl (C=O) groups is 2. The Labute approximate surface area is 141 Å². The predicted molar refractivity (Wildman–Crippen MR) is 91.4 cm³/mol. The first-order valence-electron chi connectivity index (χ1n) is 8.22. The summed E-state index contributed by atoms with van der Waals surface area (Å²) in [6.45, 7) is 3.49. The molecule has 1 saturated heterocycles. The number of hydrogen-bond donors (Lipinski definition) is 1. The van der Waals surface area contributed by atoms with Gasteiger partial charge in [0, 0.05) is 31.2 Å². The summed E-state index contributed by atoms with van der Waals surface area (Å²) in [5.41, 5.74) is 1.41. The van der Waals surface area contributed by atoms with Crippen LogP contribution in [-0.2, 0) is 9.59 Å². The zero-order chi connectivity index (χ0) is 17.5. The summed E-state index contributed by atoms with van der Waals surface area (Å²) in [7, 11) is 0. The fourth-order valence-corrected chi connectivity index (χ4v) is 3.02. The minimum Gasteiger partial charge on any atom is -0.373 e. The molecule has 1 atom stereocenters. The monoisotopic (exact) mass is 329 g/mol. The maximum atomic E-state index is 14.4. The van der Waals surface area contributed by atoms with Gasteiger partial charge < -0.3 is 4.90 Å². The molecule has 0 saturated carbocycles. The number of carbonyl (C=O) groups excluding carboxylic acids is 2. The van der Waals surface area contributed by atoms with Crippen LogP contribution in [0, 0.1) is 17.0 Å². The average molecular weight is 329 g/mol. The Morgan fingerprint density at radius 3 is 2.79 bits per heavy atom. The molecule has 24 heavy (non-hydrogen) atoms. The van der Waals surface area contributed by atoms with E-state index in [-0.39, 0.29) is 30.8 Å². The second-order valence-electron chi connectivity index (χ2n) is 6.22. The maximum Gasteiger partial charge on any atom is 0.271 e. The van der Waals surface area contributed by atoms with Crippen LogP contribution in [0.15, 0.2) is 18.2 Å². The van der Waals surface area contributed by atoms with Gasteiger partial charge in [-0.25, -0.2) is 9.65 Å². The zero-order valence-corrected chi connectivity index (χ0v) is 13.8. The molecule has 1 aliphatic rings. The highest BCUT2D eigenvalue weighted by Crippen LogP contribution is 2.28. The lowest BCUT2D eigenvalue weighted by Crippen LogP contribution is -2.36. The highest BCUT2D eigenvalue weighted by atomic mass is 19.1. The molecule has 0 radical (unpaired) electrons. The number of benzene rings is 1. The van der Waals surface area contributed by atoms with Gasteiger partial charge in [-0.3, -0.25) is 14.9 Å². The van der Waals surface area contributed by atoms with E-state index in [1.54, 1.807) is 6.07 Å². The fourth-order valence-electron chi connectivity index (χ4n) is 3.02. The molecule has 2 amide bonds. The van der Waals surface area contributed by atoms with Crippen molar-refractivity contribution in [2.24, 2.45) is 0 Å². The van der Waals surface area contributed by atoms with Gasteiger partial charge in [-0.1, -0.05) is 13.0 Å². The fraction of sp³-hybridized carbons (Fsp3) is 0.471. The summed E-state index contributed by atoms with van der Waals surface area (Å²) in [4.78, 5) is 23.6. The van der Waals surface area contributed by atoms with Crippen molar-refractivity contribution in [2.45, 2.75) is 38.3 Å². The summed E-state index contributed by atoms with van der Waals surface area (Å²) >= 11 is 0. The standard InChI is InChI=1S/C17H21BFN3O2/c1-13(2-5-17(24)21-12-23)15-4-3-14(10-16(15)19)22-8-6-18(11-20)7-9-22/h3-4,10,12-13H,2,5-9H2,1H3,(H,21,23,24). The van der Waals surface area contributed by atoms with E-state index < -0.39 is 0 Å². The van der Waals surface area contributed by atoms with Crippen molar-refractivity contribution < 1.29 is 14.0 Å². The van der Waals surface area contributed by atoms with E-state index in [0.29, 0.717) is 18.4 Å². The summed E-state index contributed by atoms with van der Waals surface area (Å²) in [6.07, 6.45) is 2.63. The molecule has 1 N–H and O–H groups in total. The number of anilines is 1. The van der Waals surface area contributed by atoms with E-state index >= 15 is 0 Å². The predicted octanol–water partition coefficient (Wildman–Crippen LogP) is 2.36. The molecule has 1 heterocycles. The van der Waals surface area contributed by atoms with Crippen LogP contribution in [0.1, 0.15) is 31.2 Å². The van der Waals surface area contributed by atoms with E-state index in [4.69, 9.17) is 5.26 Å². The molecular formula is C17H21BFN3O2. The van der Waals surface area contributed by atoms with Gasteiger partial charge in [0.05, 0.1) is 0 Å². The quantitative estimate of drug-likeness (QED) is 0.642. The first kappa shape index (κ1) is 18.0. The van der Waals surface area contributed by atoms with Gasteiger partial charge in [-0.2, -0.15) is 0 Å². The van der Waals surface area contributed by atoms with Crippen molar-refractivity contribution in [1.29, 1.82) is 5.26 Å². The summed E-state index contributed by atoms with van der Waals surface area (Å²) in [6, 6.07) is 5.19. The molecule has 7 heteroatoms. The lowest BCUT2D eigenvalue weighted by atomic mass is 9.45. The molecular weight excluding hydrogens is 308 g/mol. The van der Waals surface area contributed by atoms with Gasteiger partial charge in [0.2, 0.25) is 12.3 Å². The van der Waals surface area contributed by atoms with Crippen LogP contribution in [0.4, 0.5) is 10.1 Å². The molecule has 0 aromatic heterocycles. The molecule has 5 nitrogen and oxygen atoms in total. The van der Waals surface area contributed by atoms with E-state index in [2.05, 4.69) is 16.2 Å². The number of nitrogens with zero attached hydrogens (tertiary/aromatic N) is 2. The molecule has 2 rings (SSSR count). The SMILES string of the molecule is CC(CCC(=O)NC=O)c1ccc(N2CCB(C#N)CC2)cc1F. The zero-order valence-electron chi connectivity index (χ0n) is 13.8. The van der Waals surface area contributed by atoms with Crippen molar-refractivity contribution in [1.82, 2.24) is 5.32 Å². The summed E-state index contributed by atoms with van der Waals surface area (Å²) in [5, 5.41) is 11.0. The van der Waals surface area contributed by atoms with Gasteiger partial charge in [-0.05, 0) is 42.7 Å². The minimum absolute atomic E-state index is 0.0999. The van der Waals surface area contributed by atoms with Crippen LogP contribution in [0.25, 0.3) is 0 Å². The molecule has 1 aromatic carbocycles. The van der Waals surface area contributed by atoms with Gasteiger partial charge in [0.15, 0.2) is 0 Å². The molecule has 1 fully saturated rings. The normalized spacial score (nSPS) is 15.5. The van der Waals surface area contributed by atoms with Crippen molar-refractivity contribution >= 4 is 24.7 Å². The second-order valence-corrected chi connectivity index (χ2v) is 6.22.